The monoisotopic (exact) mass is 249 g/mol. The summed E-state index contributed by atoms with van der Waals surface area (Å²) in [5.41, 5.74) is 6.85. The smallest absolute Gasteiger partial charge is 0.159 e. The quantitative estimate of drug-likeness (QED) is 0.615. The minimum absolute atomic E-state index is 0. The number of nitrogen functional groups attached to an aromatic ring is 1. The maximum Gasteiger partial charge on any atom is 0.159 e. The maximum atomic E-state index is 10.8. The van der Waals surface area contributed by atoms with Crippen molar-refractivity contribution in [1.82, 2.24) is 0 Å². The van der Waals surface area contributed by atoms with Crippen LogP contribution in [0.5, 0.6) is 0 Å². The molecule has 0 aromatic heterocycles. The van der Waals surface area contributed by atoms with Gasteiger partial charge in [0.1, 0.15) is 0 Å². The van der Waals surface area contributed by atoms with Crippen LogP contribution in [-0.2, 0) is 0 Å². The van der Waals surface area contributed by atoms with Gasteiger partial charge >= 0.3 is 0 Å². The number of nitrogens with two attached hydrogens (primary N) is 1. The summed E-state index contributed by atoms with van der Waals surface area (Å²) >= 11 is 3.24. The van der Waals surface area contributed by atoms with Crippen molar-refractivity contribution in [2.24, 2.45) is 0 Å². The molecule has 0 amide bonds. The number of ketones is 1. The van der Waals surface area contributed by atoms with Crippen molar-refractivity contribution in [2.45, 2.75) is 6.92 Å². The summed E-state index contributed by atoms with van der Waals surface area (Å²) in [6, 6.07) is 5.14. The molecule has 12 heavy (non-hydrogen) atoms. The van der Waals surface area contributed by atoms with E-state index < -0.39 is 0 Å². The van der Waals surface area contributed by atoms with Gasteiger partial charge in [0.15, 0.2) is 5.78 Å². The Bertz CT molecular complexity index is 301. The molecule has 0 spiro atoms. The minimum Gasteiger partial charge on any atom is -0.398 e. The van der Waals surface area contributed by atoms with E-state index in [1.54, 1.807) is 18.2 Å². The number of hydrogen-bond donors (Lipinski definition) is 1. The molecule has 0 aliphatic heterocycles. The first-order valence-electron chi connectivity index (χ1n) is 3.17. The second kappa shape index (κ2) is 4.48. The predicted octanol–water partition coefficient (Wildman–Crippen LogP) is 2.66. The van der Waals surface area contributed by atoms with E-state index in [0.29, 0.717) is 11.3 Å². The molecule has 0 unspecified atom stereocenters. The highest BCUT2D eigenvalue weighted by Gasteiger charge is 2.00. The molecule has 0 saturated heterocycles. The van der Waals surface area contributed by atoms with E-state index in [-0.39, 0.29) is 18.2 Å². The highest BCUT2D eigenvalue weighted by molar-refractivity contribution is 9.10. The Morgan fingerprint density at radius 3 is 2.50 bits per heavy atom. The molecule has 0 fully saturated rings. The molecule has 1 rings (SSSR count). The first-order chi connectivity index (χ1) is 5.11. The van der Waals surface area contributed by atoms with Gasteiger partial charge in [-0.05, 0) is 41.1 Å². The molecule has 1 aromatic rings. The Morgan fingerprint density at radius 1 is 1.50 bits per heavy atom. The van der Waals surface area contributed by atoms with Crippen molar-refractivity contribution in [1.29, 1.82) is 0 Å². The van der Waals surface area contributed by atoms with E-state index in [4.69, 9.17) is 5.73 Å². The van der Waals surface area contributed by atoms with Crippen LogP contribution in [0.4, 0.5) is 5.69 Å². The molecule has 0 heterocycles. The Morgan fingerprint density at radius 2 is 2.08 bits per heavy atom. The fourth-order valence-corrected chi connectivity index (χ4v) is 1.12. The van der Waals surface area contributed by atoms with Gasteiger partial charge in [-0.3, -0.25) is 4.79 Å². The lowest BCUT2D eigenvalue weighted by molar-refractivity contribution is 0.101. The van der Waals surface area contributed by atoms with Crippen molar-refractivity contribution >= 4 is 39.8 Å². The van der Waals surface area contributed by atoms with Crippen LogP contribution < -0.4 is 5.73 Å². The standard InChI is InChI=1S/C8H8BrNO.ClH/c1-5(11)6-2-3-8(10)7(9)4-6;/h2-4H,10H2,1H3;1H. The summed E-state index contributed by atoms with van der Waals surface area (Å²) in [7, 11) is 0. The van der Waals surface area contributed by atoms with Crippen molar-refractivity contribution < 1.29 is 4.79 Å². The highest BCUT2D eigenvalue weighted by Crippen LogP contribution is 2.20. The number of carbonyl (C=O) groups excluding carboxylic acids is 1. The normalized spacial score (nSPS) is 8.83. The first-order valence-corrected chi connectivity index (χ1v) is 3.96. The largest absolute Gasteiger partial charge is 0.398 e. The van der Waals surface area contributed by atoms with Crippen LogP contribution in [0.1, 0.15) is 17.3 Å². The Balaban J connectivity index is 0.00000121. The molecule has 0 radical (unpaired) electrons. The zero-order valence-electron chi connectivity index (χ0n) is 6.50. The highest BCUT2D eigenvalue weighted by atomic mass is 79.9. The van der Waals surface area contributed by atoms with Gasteiger partial charge in [-0.25, -0.2) is 0 Å². The van der Waals surface area contributed by atoms with Gasteiger partial charge in [0, 0.05) is 15.7 Å². The summed E-state index contributed by atoms with van der Waals surface area (Å²) in [4.78, 5) is 10.8. The van der Waals surface area contributed by atoms with E-state index in [2.05, 4.69) is 15.9 Å². The molecule has 2 nitrogen and oxygen atoms in total. The van der Waals surface area contributed by atoms with Gasteiger partial charge < -0.3 is 5.73 Å². The number of benzene rings is 1. The van der Waals surface area contributed by atoms with Gasteiger partial charge in [0.05, 0.1) is 0 Å². The van der Waals surface area contributed by atoms with Crippen molar-refractivity contribution in [2.75, 3.05) is 5.73 Å². The zero-order valence-corrected chi connectivity index (χ0v) is 8.91. The summed E-state index contributed by atoms with van der Waals surface area (Å²) in [6.07, 6.45) is 0. The lowest BCUT2D eigenvalue weighted by Crippen LogP contribution is -1.93. The first kappa shape index (κ1) is 11.5. The van der Waals surface area contributed by atoms with E-state index in [1.807, 2.05) is 0 Å². The molecular formula is C8H9BrClNO. The number of halogens is 2. The predicted molar refractivity (Wildman–Crippen MR) is 55.8 cm³/mol. The molecule has 0 aliphatic rings. The fraction of sp³-hybridized carbons (Fsp3) is 0.125. The fourth-order valence-electron chi connectivity index (χ4n) is 0.746. The van der Waals surface area contributed by atoms with E-state index in [9.17, 15) is 4.79 Å². The van der Waals surface area contributed by atoms with Crippen LogP contribution in [0, 0.1) is 0 Å². The minimum atomic E-state index is 0. The summed E-state index contributed by atoms with van der Waals surface area (Å²) in [5.74, 6) is 0.0469. The Kier molecular flexibility index (Phi) is 4.28. The zero-order chi connectivity index (χ0) is 8.43. The molecule has 66 valence electrons. The molecule has 0 aliphatic carbocycles. The van der Waals surface area contributed by atoms with Crippen LogP contribution in [0.2, 0.25) is 0 Å². The summed E-state index contributed by atoms with van der Waals surface area (Å²) in [5, 5.41) is 0. The Hall–Kier alpha value is -0.540. The molecule has 2 N–H and O–H groups in total. The molecular weight excluding hydrogens is 241 g/mol. The third-order valence-corrected chi connectivity index (χ3v) is 2.09. The number of carbonyl (C=O) groups is 1. The summed E-state index contributed by atoms with van der Waals surface area (Å²) in [6.45, 7) is 1.53. The van der Waals surface area contributed by atoms with Crippen LogP contribution in [0.15, 0.2) is 22.7 Å². The topological polar surface area (TPSA) is 43.1 Å². The van der Waals surface area contributed by atoms with Crippen molar-refractivity contribution in [3.8, 4) is 0 Å². The average molecular weight is 251 g/mol. The van der Waals surface area contributed by atoms with Crippen LogP contribution >= 0.6 is 28.3 Å². The number of hydrogen-bond acceptors (Lipinski definition) is 2. The summed E-state index contributed by atoms with van der Waals surface area (Å²) < 4.78 is 0.769. The van der Waals surface area contributed by atoms with Gasteiger partial charge in [-0.15, -0.1) is 12.4 Å². The lowest BCUT2D eigenvalue weighted by atomic mass is 10.1. The van der Waals surface area contributed by atoms with Gasteiger partial charge in [-0.1, -0.05) is 0 Å². The van der Waals surface area contributed by atoms with Gasteiger partial charge in [0.2, 0.25) is 0 Å². The van der Waals surface area contributed by atoms with Crippen molar-refractivity contribution in [3.05, 3.63) is 28.2 Å². The average Bonchev–Trinajstić information content (AvgIpc) is 1.94. The molecule has 0 bridgehead atoms. The number of Topliss-reactive ketones (excluding diaryl/α,β-unsaturated/α-hetero) is 1. The van der Waals surface area contributed by atoms with Crippen LogP contribution in [0.3, 0.4) is 0 Å². The molecule has 0 atom stereocenters. The maximum absolute atomic E-state index is 10.8. The van der Waals surface area contributed by atoms with Gasteiger partial charge in [-0.2, -0.15) is 0 Å². The second-order valence-electron chi connectivity index (χ2n) is 2.29. The van der Waals surface area contributed by atoms with E-state index in [1.165, 1.54) is 6.92 Å². The van der Waals surface area contributed by atoms with E-state index in [0.717, 1.165) is 4.47 Å². The van der Waals surface area contributed by atoms with Crippen LogP contribution in [-0.4, -0.2) is 5.78 Å². The molecule has 4 heteroatoms. The third kappa shape index (κ3) is 2.50. The number of anilines is 1. The SMILES string of the molecule is CC(=O)c1ccc(N)c(Br)c1.Cl. The lowest BCUT2D eigenvalue weighted by Gasteiger charge is -1.99. The van der Waals surface area contributed by atoms with E-state index >= 15 is 0 Å². The number of rotatable bonds is 1. The Labute approximate surface area is 85.7 Å². The van der Waals surface area contributed by atoms with Gasteiger partial charge in [0.25, 0.3) is 0 Å². The molecule has 1 aromatic carbocycles. The van der Waals surface area contributed by atoms with Crippen LogP contribution in [0.25, 0.3) is 0 Å². The second-order valence-corrected chi connectivity index (χ2v) is 3.15. The molecule has 0 saturated carbocycles. The third-order valence-electron chi connectivity index (χ3n) is 1.41. The van der Waals surface area contributed by atoms with Crippen molar-refractivity contribution in [3.63, 3.8) is 0 Å².